The molecule has 0 aromatic heterocycles. The maximum atomic E-state index is 11.9. The zero-order chi connectivity index (χ0) is 11.1. The topological polar surface area (TPSA) is 20.3 Å². The van der Waals surface area contributed by atoms with Crippen molar-refractivity contribution in [3.63, 3.8) is 0 Å². The van der Waals surface area contributed by atoms with E-state index < -0.39 is 0 Å². The van der Waals surface area contributed by atoms with Crippen LogP contribution >= 0.6 is 11.9 Å². The predicted octanol–water partition coefficient (Wildman–Crippen LogP) is 3.03. The summed E-state index contributed by atoms with van der Waals surface area (Å²) in [7, 11) is 0. The summed E-state index contributed by atoms with van der Waals surface area (Å²) in [6, 6.07) is 0. The van der Waals surface area contributed by atoms with Crippen molar-refractivity contribution < 1.29 is 4.79 Å². The van der Waals surface area contributed by atoms with Crippen molar-refractivity contribution in [3.8, 4) is 0 Å². The Morgan fingerprint density at radius 2 is 2.20 bits per heavy atom. The Morgan fingerprint density at radius 3 is 2.73 bits per heavy atom. The predicted molar refractivity (Wildman–Crippen MR) is 66.5 cm³/mol. The molecule has 1 atom stereocenters. The molecule has 0 spiro atoms. The minimum Gasteiger partial charge on any atom is -0.285 e. The van der Waals surface area contributed by atoms with E-state index in [4.69, 9.17) is 0 Å². The molecule has 0 amide bonds. The molecule has 0 aromatic rings. The van der Waals surface area contributed by atoms with Crippen LogP contribution in [0.3, 0.4) is 0 Å². The fourth-order valence-corrected chi connectivity index (χ4v) is 2.57. The van der Waals surface area contributed by atoms with Gasteiger partial charge in [0.1, 0.15) is 0 Å². The first kappa shape index (κ1) is 12.5. The molecule has 0 radical (unpaired) electrons. The van der Waals surface area contributed by atoms with Gasteiger partial charge in [-0.05, 0) is 38.1 Å². The molecule has 2 nitrogen and oxygen atoms in total. The third kappa shape index (κ3) is 4.22. The van der Waals surface area contributed by atoms with Crippen molar-refractivity contribution in [1.29, 1.82) is 0 Å². The summed E-state index contributed by atoms with van der Waals surface area (Å²) < 4.78 is 2.16. The number of nitrogens with zero attached hydrogens (tertiary/aromatic N) is 1. The highest BCUT2D eigenvalue weighted by atomic mass is 32.2. The third-order valence-corrected chi connectivity index (χ3v) is 3.60. The average molecular weight is 225 g/mol. The van der Waals surface area contributed by atoms with Gasteiger partial charge in [0.05, 0.1) is 5.92 Å². The fourth-order valence-electron chi connectivity index (χ4n) is 1.55. The highest BCUT2D eigenvalue weighted by Crippen LogP contribution is 2.24. The van der Waals surface area contributed by atoms with E-state index in [2.05, 4.69) is 10.9 Å². The number of carbonyl (C=O) groups is 1. The van der Waals surface area contributed by atoms with Crippen LogP contribution in [0.15, 0.2) is 24.8 Å². The van der Waals surface area contributed by atoms with Crippen LogP contribution in [0.2, 0.25) is 0 Å². The molecule has 3 heteroatoms. The van der Waals surface area contributed by atoms with Crippen LogP contribution in [-0.4, -0.2) is 22.5 Å². The van der Waals surface area contributed by atoms with Gasteiger partial charge in [-0.2, -0.15) is 0 Å². The molecule has 0 aromatic carbocycles. The van der Waals surface area contributed by atoms with Crippen molar-refractivity contribution in [2.75, 3.05) is 13.1 Å². The number of allylic oxidation sites excluding steroid dienone is 3. The van der Waals surface area contributed by atoms with Crippen LogP contribution in [0.1, 0.15) is 26.2 Å². The molecule has 15 heavy (non-hydrogen) atoms. The maximum Gasteiger partial charge on any atom is 0.211 e. The quantitative estimate of drug-likeness (QED) is 0.530. The lowest BCUT2D eigenvalue weighted by Crippen LogP contribution is -2.17. The molecule has 1 aliphatic heterocycles. The van der Waals surface area contributed by atoms with Gasteiger partial charge in [0, 0.05) is 13.1 Å². The van der Waals surface area contributed by atoms with Crippen LogP contribution in [0.25, 0.3) is 0 Å². The van der Waals surface area contributed by atoms with Gasteiger partial charge in [-0.15, -0.1) is 6.58 Å². The molecule has 1 saturated heterocycles. The molecule has 1 fully saturated rings. The highest BCUT2D eigenvalue weighted by Gasteiger charge is 2.20. The zero-order valence-electron chi connectivity index (χ0n) is 9.32. The first-order valence-corrected chi connectivity index (χ1v) is 6.25. The maximum absolute atomic E-state index is 11.9. The van der Waals surface area contributed by atoms with E-state index in [-0.39, 0.29) is 11.0 Å². The van der Waals surface area contributed by atoms with Gasteiger partial charge in [-0.25, -0.2) is 4.31 Å². The highest BCUT2D eigenvalue weighted by molar-refractivity contribution is 8.11. The smallest absolute Gasteiger partial charge is 0.211 e. The van der Waals surface area contributed by atoms with E-state index in [1.165, 1.54) is 24.8 Å². The molecule has 1 unspecified atom stereocenters. The molecule has 1 heterocycles. The lowest BCUT2D eigenvalue weighted by Gasteiger charge is -2.15. The van der Waals surface area contributed by atoms with Gasteiger partial charge in [0.2, 0.25) is 5.12 Å². The van der Waals surface area contributed by atoms with Crippen LogP contribution in [0.4, 0.5) is 0 Å². The second-order valence-corrected chi connectivity index (χ2v) is 4.79. The van der Waals surface area contributed by atoms with Gasteiger partial charge >= 0.3 is 0 Å². The largest absolute Gasteiger partial charge is 0.285 e. The Kier molecular flexibility index (Phi) is 5.73. The monoisotopic (exact) mass is 225 g/mol. The van der Waals surface area contributed by atoms with E-state index in [0.717, 1.165) is 19.5 Å². The lowest BCUT2D eigenvalue weighted by atomic mass is 10.1. The first-order valence-electron chi connectivity index (χ1n) is 5.48. The van der Waals surface area contributed by atoms with Crippen molar-refractivity contribution in [3.05, 3.63) is 24.8 Å². The van der Waals surface area contributed by atoms with Crippen LogP contribution in [0.5, 0.6) is 0 Å². The summed E-state index contributed by atoms with van der Waals surface area (Å²) in [6.45, 7) is 7.78. The minimum atomic E-state index is -0.0354. The molecule has 0 N–H and O–H groups in total. The molecule has 0 saturated carbocycles. The van der Waals surface area contributed by atoms with Crippen molar-refractivity contribution in [1.82, 2.24) is 4.31 Å². The van der Waals surface area contributed by atoms with Gasteiger partial charge in [-0.3, -0.25) is 4.79 Å². The second-order valence-electron chi connectivity index (χ2n) is 3.69. The molecule has 1 aliphatic rings. The number of rotatable bonds is 5. The van der Waals surface area contributed by atoms with Crippen LogP contribution < -0.4 is 0 Å². The van der Waals surface area contributed by atoms with E-state index >= 15 is 0 Å². The van der Waals surface area contributed by atoms with E-state index in [1.54, 1.807) is 6.08 Å². The Hall–Kier alpha value is -0.540. The van der Waals surface area contributed by atoms with Gasteiger partial charge < -0.3 is 0 Å². The second kappa shape index (κ2) is 6.85. The number of carbonyl (C=O) groups excluding carboxylic acids is 1. The van der Waals surface area contributed by atoms with E-state index in [9.17, 15) is 4.79 Å². The summed E-state index contributed by atoms with van der Waals surface area (Å²) >= 11 is 1.38. The third-order valence-electron chi connectivity index (χ3n) is 2.50. The summed E-state index contributed by atoms with van der Waals surface area (Å²) in [6.07, 6.45) is 8.96. The van der Waals surface area contributed by atoms with Gasteiger partial charge in [0.25, 0.3) is 0 Å². The van der Waals surface area contributed by atoms with E-state index in [1.807, 2.05) is 19.1 Å². The standard InChI is InChI=1S/C12H19NOS/c1-3-5-8-11(4-2)12(14)15-13-9-6-7-10-13/h3-5,11H,2,6-10H2,1H3/b5-3+. The van der Waals surface area contributed by atoms with Crippen LogP contribution in [0, 0.1) is 5.92 Å². The Balaban J connectivity index is 2.37. The van der Waals surface area contributed by atoms with E-state index in [0.29, 0.717) is 0 Å². The Morgan fingerprint density at radius 1 is 1.53 bits per heavy atom. The summed E-state index contributed by atoms with van der Waals surface area (Å²) in [5.41, 5.74) is 0. The Labute approximate surface area is 96.5 Å². The zero-order valence-corrected chi connectivity index (χ0v) is 10.1. The fraction of sp³-hybridized carbons (Fsp3) is 0.583. The van der Waals surface area contributed by atoms with Crippen LogP contribution in [-0.2, 0) is 4.79 Å². The van der Waals surface area contributed by atoms with Crippen molar-refractivity contribution in [2.24, 2.45) is 5.92 Å². The van der Waals surface area contributed by atoms with Crippen molar-refractivity contribution in [2.45, 2.75) is 26.2 Å². The molecule has 84 valence electrons. The lowest BCUT2D eigenvalue weighted by molar-refractivity contribution is -0.113. The SMILES string of the molecule is C=CC(C/C=C/C)C(=O)SN1CCCC1. The Bertz CT molecular complexity index is 244. The summed E-state index contributed by atoms with van der Waals surface area (Å²) in [5, 5.41) is 0.227. The number of hydrogen-bond donors (Lipinski definition) is 0. The normalized spacial score (nSPS) is 19.5. The average Bonchev–Trinajstić information content (AvgIpc) is 2.71. The molecule has 0 bridgehead atoms. The summed E-state index contributed by atoms with van der Waals surface area (Å²) in [5.74, 6) is -0.0354. The molecule has 0 aliphatic carbocycles. The number of hydrogen-bond acceptors (Lipinski definition) is 3. The summed E-state index contributed by atoms with van der Waals surface area (Å²) in [4.78, 5) is 11.9. The molecule has 1 rings (SSSR count). The first-order chi connectivity index (χ1) is 7.27. The molecular weight excluding hydrogens is 206 g/mol. The van der Waals surface area contributed by atoms with Crippen molar-refractivity contribution >= 4 is 17.1 Å². The minimum absolute atomic E-state index is 0.0354. The molecular formula is C12H19NOS. The van der Waals surface area contributed by atoms with Gasteiger partial charge in [0.15, 0.2) is 0 Å². The van der Waals surface area contributed by atoms with Gasteiger partial charge in [-0.1, -0.05) is 18.2 Å².